The highest BCUT2D eigenvalue weighted by molar-refractivity contribution is 9.10. The van der Waals surface area contributed by atoms with Crippen LogP contribution in [0.3, 0.4) is 0 Å². The summed E-state index contributed by atoms with van der Waals surface area (Å²) in [5, 5.41) is 3.83. The lowest BCUT2D eigenvalue weighted by molar-refractivity contribution is 0.101. The lowest BCUT2D eigenvalue weighted by atomic mass is 10.1. The van der Waals surface area contributed by atoms with Crippen molar-refractivity contribution in [2.24, 2.45) is 7.05 Å². The van der Waals surface area contributed by atoms with Crippen molar-refractivity contribution >= 4 is 21.7 Å². The van der Waals surface area contributed by atoms with Gasteiger partial charge < -0.3 is 4.74 Å². The summed E-state index contributed by atoms with van der Waals surface area (Å²) in [6.45, 7) is 0. The number of ketones is 1. The number of hydrogen-bond donors (Lipinski definition) is 0. The van der Waals surface area contributed by atoms with Crippen molar-refractivity contribution in [3.63, 3.8) is 0 Å². The molecule has 100 valence electrons. The standard InChI is InChI=1S/C12H9BrF2N2O2/c1-17-11(9(19-2)5-16-17)12(18)10-7(14)3-6(13)4-8(10)15/h3-5H,1-2H3. The number of nitrogens with zero attached hydrogens (tertiary/aromatic N) is 2. The zero-order valence-electron chi connectivity index (χ0n) is 10.1. The van der Waals surface area contributed by atoms with Crippen LogP contribution in [-0.2, 0) is 7.05 Å². The van der Waals surface area contributed by atoms with E-state index in [1.165, 1.54) is 25.0 Å². The number of aromatic nitrogens is 2. The minimum atomic E-state index is -0.944. The zero-order valence-corrected chi connectivity index (χ0v) is 11.7. The molecule has 1 aromatic carbocycles. The molecule has 0 radical (unpaired) electrons. The van der Waals surface area contributed by atoms with Crippen LogP contribution in [-0.4, -0.2) is 22.7 Å². The van der Waals surface area contributed by atoms with Crippen LogP contribution < -0.4 is 4.74 Å². The highest BCUT2D eigenvalue weighted by Gasteiger charge is 2.25. The van der Waals surface area contributed by atoms with Gasteiger partial charge in [0, 0.05) is 11.5 Å². The van der Waals surface area contributed by atoms with Gasteiger partial charge in [0.15, 0.2) is 11.4 Å². The fraction of sp³-hybridized carbons (Fsp3) is 0.167. The number of carbonyl (C=O) groups is 1. The highest BCUT2D eigenvalue weighted by Crippen LogP contribution is 2.25. The van der Waals surface area contributed by atoms with Crippen molar-refractivity contribution in [3.05, 3.63) is 45.7 Å². The minimum Gasteiger partial charge on any atom is -0.493 e. The number of halogens is 3. The number of methoxy groups -OCH3 is 1. The number of benzene rings is 1. The normalized spacial score (nSPS) is 10.6. The number of ether oxygens (including phenoxy) is 1. The Kier molecular flexibility index (Phi) is 3.66. The largest absolute Gasteiger partial charge is 0.493 e. The van der Waals surface area contributed by atoms with E-state index in [-0.39, 0.29) is 15.9 Å². The SMILES string of the molecule is COc1cnn(C)c1C(=O)c1c(F)cc(Br)cc1F. The minimum absolute atomic E-state index is 0.0115. The fourth-order valence-corrected chi connectivity index (χ4v) is 2.11. The van der Waals surface area contributed by atoms with Crippen LogP contribution in [0.1, 0.15) is 16.1 Å². The molecule has 0 spiro atoms. The average molecular weight is 331 g/mol. The van der Waals surface area contributed by atoms with E-state index in [1.807, 2.05) is 0 Å². The summed E-state index contributed by atoms with van der Waals surface area (Å²) in [6, 6.07) is 2.05. The number of aryl methyl sites for hydroxylation is 1. The first-order chi connectivity index (χ1) is 8.95. The Morgan fingerprint density at radius 2 is 1.95 bits per heavy atom. The average Bonchev–Trinajstić information content (AvgIpc) is 2.68. The molecular formula is C12H9BrF2N2O2. The molecule has 4 nitrogen and oxygen atoms in total. The second-order valence-electron chi connectivity index (χ2n) is 3.76. The smallest absolute Gasteiger partial charge is 0.220 e. The molecule has 0 aliphatic rings. The maximum absolute atomic E-state index is 13.8. The predicted molar refractivity (Wildman–Crippen MR) is 67.3 cm³/mol. The van der Waals surface area contributed by atoms with E-state index in [0.717, 1.165) is 12.1 Å². The quantitative estimate of drug-likeness (QED) is 0.813. The van der Waals surface area contributed by atoms with E-state index in [2.05, 4.69) is 21.0 Å². The van der Waals surface area contributed by atoms with E-state index < -0.39 is 23.0 Å². The van der Waals surface area contributed by atoms with Crippen LogP contribution in [0.4, 0.5) is 8.78 Å². The van der Waals surface area contributed by atoms with Gasteiger partial charge >= 0.3 is 0 Å². The highest BCUT2D eigenvalue weighted by atomic mass is 79.9. The molecule has 2 rings (SSSR count). The third-order valence-electron chi connectivity index (χ3n) is 2.57. The van der Waals surface area contributed by atoms with Gasteiger partial charge in [-0.05, 0) is 12.1 Å². The summed E-state index contributed by atoms with van der Waals surface area (Å²) in [5.41, 5.74) is -0.646. The van der Waals surface area contributed by atoms with Crippen LogP contribution in [0, 0.1) is 11.6 Å². The van der Waals surface area contributed by atoms with Crippen molar-refractivity contribution in [2.75, 3.05) is 7.11 Å². The van der Waals surface area contributed by atoms with Gasteiger partial charge in [0.2, 0.25) is 5.78 Å². The Labute approximate surface area is 116 Å². The van der Waals surface area contributed by atoms with E-state index in [1.54, 1.807) is 0 Å². The lowest BCUT2D eigenvalue weighted by Crippen LogP contribution is -2.13. The molecule has 0 saturated carbocycles. The van der Waals surface area contributed by atoms with Gasteiger partial charge in [-0.25, -0.2) is 8.78 Å². The molecule has 0 fully saturated rings. The molecular weight excluding hydrogens is 322 g/mol. The molecule has 19 heavy (non-hydrogen) atoms. The first kappa shape index (κ1) is 13.7. The van der Waals surface area contributed by atoms with E-state index in [4.69, 9.17) is 4.74 Å². The molecule has 2 aromatic rings. The predicted octanol–water partition coefficient (Wildman–Crippen LogP) is 2.70. The molecule has 7 heteroatoms. The van der Waals surface area contributed by atoms with Gasteiger partial charge in [0.05, 0.1) is 18.9 Å². The number of hydrogen-bond acceptors (Lipinski definition) is 3. The molecule has 0 amide bonds. The van der Waals surface area contributed by atoms with E-state index >= 15 is 0 Å². The first-order valence-corrected chi connectivity index (χ1v) is 6.00. The Bertz CT molecular complexity index is 632. The zero-order chi connectivity index (χ0) is 14.2. The molecule has 0 unspecified atom stereocenters. The molecule has 0 saturated heterocycles. The number of rotatable bonds is 3. The van der Waals surface area contributed by atoms with E-state index in [0.29, 0.717) is 0 Å². The lowest BCUT2D eigenvalue weighted by Gasteiger charge is -2.07. The summed E-state index contributed by atoms with van der Waals surface area (Å²) >= 11 is 2.95. The second-order valence-corrected chi connectivity index (χ2v) is 4.67. The van der Waals surface area contributed by atoms with Crippen molar-refractivity contribution in [1.29, 1.82) is 0 Å². The third-order valence-corrected chi connectivity index (χ3v) is 3.03. The molecule has 0 N–H and O–H groups in total. The topological polar surface area (TPSA) is 44.1 Å². The van der Waals surface area contributed by atoms with Gasteiger partial charge in [-0.3, -0.25) is 9.48 Å². The Hall–Kier alpha value is -1.76. The van der Waals surface area contributed by atoms with Crippen LogP contribution in [0.15, 0.2) is 22.8 Å². The molecule has 0 aliphatic carbocycles. The Balaban J connectivity index is 2.59. The number of carbonyl (C=O) groups excluding carboxylic acids is 1. The summed E-state index contributed by atoms with van der Waals surface area (Å²) in [4.78, 5) is 12.2. The monoisotopic (exact) mass is 330 g/mol. The Morgan fingerprint density at radius 1 is 1.37 bits per heavy atom. The van der Waals surface area contributed by atoms with E-state index in [9.17, 15) is 13.6 Å². The van der Waals surface area contributed by atoms with Crippen molar-refractivity contribution in [1.82, 2.24) is 9.78 Å². The van der Waals surface area contributed by atoms with Gasteiger partial charge in [-0.2, -0.15) is 5.10 Å². The molecule has 0 aliphatic heterocycles. The van der Waals surface area contributed by atoms with Gasteiger partial charge in [-0.1, -0.05) is 15.9 Å². The summed E-state index contributed by atoms with van der Waals surface area (Å²) < 4.78 is 33.9. The summed E-state index contributed by atoms with van der Waals surface area (Å²) in [7, 11) is 2.84. The van der Waals surface area contributed by atoms with Crippen LogP contribution in [0.2, 0.25) is 0 Å². The van der Waals surface area contributed by atoms with Crippen molar-refractivity contribution in [3.8, 4) is 5.75 Å². The molecule has 0 atom stereocenters. The van der Waals surface area contributed by atoms with Crippen LogP contribution >= 0.6 is 15.9 Å². The summed E-state index contributed by atoms with van der Waals surface area (Å²) in [6.07, 6.45) is 1.31. The van der Waals surface area contributed by atoms with Crippen molar-refractivity contribution in [2.45, 2.75) is 0 Å². The van der Waals surface area contributed by atoms with Crippen molar-refractivity contribution < 1.29 is 18.3 Å². The van der Waals surface area contributed by atoms with Gasteiger partial charge in [0.25, 0.3) is 0 Å². The maximum Gasteiger partial charge on any atom is 0.220 e. The maximum atomic E-state index is 13.8. The molecule has 0 bridgehead atoms. The molecule has 1 aromatic heterocycles. The Morgan fingerprint density at radius 3 is 2.47 bits per heavy atom. The molecule has 1 heterocycles. The fourth-order valence-electron chi connectivity index (χ4n) is 1.70. The third kappa shape index (κ3) is 2.37. The summed E-state index contributed by atoms with van der Waals surface area (Å²) in [5.74, 6) is -2.55. The van der Waals surface area contributed by atoms with Crippen LogP contribution in [0.25, 0.3) is 0 Å². The second kappa shape index (κ2) is 5.08. The first-order valence-electron chi connectivity index (χ1n) is 5.21. The van der Waals surface area contributed by atoms with Gasteiger partial charge in [0.1, 0.15) is 11.6 Å². The van der Waals surface area contributed by atoms with Gasteiger partial charge in [-0.15, -0.1) is 0 Å². The van der Waals surface area contributed by atoms with Crippen LogP contribution in [0.5, 0.6) is 5.75 Å².